The molecular weight excluding hydrogens is 393 g/mol. The number of hydrogen-bond acceptors (Lipinski definition) is 6. The fourth-order valence-corrected chi connectivity index (χ4v) is 4.36. The van der Waals surface area contributed by atoms with E-state index in [1.165, 1.54) is 0 Å². The Morgan fingerprint density at radius 1 is 1.30 bits per heavy atom. The predicted octanol–water partition coefficient (Wildman–Crippen LogP) is 0.0124. The van der Waals surface area contributed by atoms with Crippen molar-refractivity contribution in [2.75, 3.05) is 13.1 Å². The van der Waals surface area contributed by atoms with Crippen LogP contribution in [0.25, 0.3) is 5.65 Å². The summed E-state index contributed by atoms with van der Waals surface area (Å²) >= 11 is 0. The molecule has 2 aliphatic rings. The number of aliphatic hydroxyl groups excluding tert-OH is 2. The van der Waals surface area contributed by atoms with E-state index < -0.39 is 12.2 Å². The molecule has 2 aromatic rings. The van der Waals surface area contributed by atoms with Gasteiger partial charge in [-0.3, -0.25) is 9.78 Å². The van der Waals surface area contributed by atoms with Crippen LogP contribution in [0.2, 0.25) is 0 Å². The number of hydrogen-bond donors (Lipinski definition) is 4. The maximum absolute atomic E-state index is 12.8. The highest BCUT2D eigenvalue weighted by Crippen LogP contribution is 2.41. The number of carbonyl (C=O) groups is 1. The molecule has 1 saturated heterocycles. The third-order valence-corrected chi connectivity index (χ3v) is 5.73. The average molecular weight is 418 g/mol. The number of nitrogens with zero attached hydrogens (tertiary/aromatic N) is 3. The molecule has 1 saturated carbocycles. The Morgan fingerprint density at radius 2 is 2.04 bits per heavy atom. The summed E-state index contributed by atoms with van der Waals surface area (Å²) in [5.74, 6) is -0.743. The van der Waals surface area contributed by atoms with Crippen LogP contribution in [0.4, 0.5) is 0 Å². The van der Waals surface area contributed by atoms with Gasteiger partial charge in [-0.15, -0.1) is 24.8 Å². The van der Waals surface area contributed by atoms with Crippen LogP contribution in [0.3, 0.4) is 0 Å². The Hall–Kier alpha value is -1.45. The van der Waals surface area contributed by atoms with Crippen LogP contribution in [-0.4, -0.2) is 55.8 Å². The second-order valence-electron chi connectivity index (χ2n) is 7.14. The quantitative estimate of drug-likeness (QED) is 0.559. The highest BCUT2D eigenvalue weighted by atomic mass is 35.5. The molecule has 0 bridgehead atoms. The van der Waals surface area contributed by atoms with Gasteiger partial charge in [-0.05, 0) is 18.4 Å². The molecule has 0 radical (unpaired) electrons. The Balaban J connectivity index is 0.00000131. The van der Waals surface area contributed by atoms with Gasteiger partial charge in [0.1, 0.15) is 0 Å². The molecule has 2 fully saturated rings. The summed E-state index contributed by atoms with van der Waals surface area (Å²) in [5, 5.41) is 26.8. The van der Waals surface area contributed by atoms with Gasteiger partial charge in [0.05, 0.1) is 30.6 Å². The first kappa shape index (κ1) is 21.8. The smallest absolute Gasteiger partial charge is 0.224 e. The van der Waals surface area contributed by atoms with Crippen LogP contribution < -0.4 is 10.6 Å². The van der Waals surface area contributed by atoms with E-state index in [9.17, 15) is 15.0 Å². The molecule has 1 aliphatic carbocycles. The second-order valence-corrected chi connectivity index (χ2v) is 7.14. The third-order valence-electron chi connectivity index (χ3n) is 5.73. The molecule has 0 unspecified atom stereocenters. The van der Waals surface area contributed by atoms with Gasteiger partial charge in [-0.2, -0.15) is 0 Å². The van der Waals surface area contributed by atoms with Crippen LogP contribution in [0, 0.1) is 23.7 Å². The van der Waals surface area contributed by atoms with Crippen LogP contribution in [0.15, 0.2) is 24.8 Å². The molecule has 1 aliphatic heterocycles. The van der Waals surface area contributed by atoms with E-state index >= 15 is 0 Å². The summed E-state index contributed by atoms with van der Waals surface area (Å²) in [4.78, 5) is 21.3. The predicted molar refractivity (Wildman–Crippen MR) is 104 cm³/mol. The number of aromatic nitrogens is 3. The molecule has 4 N–H and O–H groups in total. The number of fused-ring (bicyclic) bond motifs is 2. The SMILES string of the molecule is C[C@H]1[C@H](O)[C@@H](O)[C@H]2CNC[C@@H]2[C@H]1C(=O)NCc1cn2ccncc2n1.Cl.Cl. The summed E-state index contributed by atoms with van der Waals surface area (Å²) in [7, 11) is 0. The zero-order chi connectivity index (χ0) is 17.6. The maximum atomic E-state index is 12.8. The van der Waals surface area contributed by atoms with Crippen molar-refractivity contribution in [3.63, 3.8) is 0 Å². The maximum Gasteiger partial charge on any atom is 0.224 e. The lowest BCUT2D eigenvalue weighted by Gasteiger charge is -2.43. The van der Waals surface area contributed by atoms with Crippen molar-refractivity contribution in [2.24, 2.45) is 23.7 Å². The molecule has 0 spiro atoms. The molecule has 4 rings (SSSR count). The molecule has 2 aromatic heterocycles. The summed E-state index contributed by atoms with van der Waals surface area (Å²) in [5.41, 5.74) is 1.49. The van der Waals surface area contributed by atoms with E-state index in [-0.39, 0.29) is 54.4 Å². The number of rotatable bonds is 3. The first-order valence-electron chi connectivity index (χ1n) is 8.68. The first-order valence-corrected chi connectivity index (χ1v) is 8.68. The lowest BCUT2D eigenvalue weighted by atomic mass is 9.65. The van der Waals surface area contributed by atoms with Crippen molar-refractivity contribution in [3.8, 4) is 0 Å². The van der Waals surface area contributed by atoms with E-state index in [0.29, 0.717) is 19.6 Å². The molecule has 10 heteroatoms. The Bertz CT molecular complexity index is 756. The lowest BCUT2D eigenvalue weighted by Crippen LogP contribution is -2.55. The summed E-state index contributed by atoms with van der Waals surface area (Å²) in [6.45, 7) is 3.49. The zero-order valence-electron chi connectivity index (χ0n) is 14.9. The lowest BCUT2D eigenvalue weighted by molar-refractivity contribution is -0.146. The highest BCUT2D eigenvalue weighted by molar-refractivity contribution is 5.85. The monoisotopic (exact) mass is 417 g/mol. The fourth-order valence-electron chi connectivity index (χ4n) is 4.36. The van der Waals surface area contributed by atoms with Crippen LogP contribution in [0.1, 0.15) is 12.6 Å². The van der Waals surface area contributed by atoms with Gasteiger partial charge in [0, 0.05) is 37.0 Å². The van der Waals surface area contributed by atoms with E-state index in [1.54, 1.807) is 12.4 Å². The molecule has 0 aromatic carbocycles. The van der Waals surface area contributed by atoms with E-state index in [0.717, 1.165) is 11.3 Å². The number of imidazole rings is 1. The largest absolute Gasteiger partial charge is 0.390 e. The fraction of sp³-hybridized carbons (Fsp3) is 0.588. The number of halogens is 2. The third kappa shape index (κ3) is 3.90. The number of aliphatic hydroxyl groups is 2. The van der Waals surface area contributed by atoms with Crippen LogP contribution in [-0.2, 0) is 11.3 Å². The van der Waals surface area contributed by atoms with E-state index in [1.807, 2.05) is 23.7 Å². The van der Waals surface area contributed by atoms with Crippen molar-refractivity contribution in [2.45, 2.75) is 25.7 Å². The summed E-state index contributed by atoms with van der Waals surface area (Å²) < 4.78 is 1.86. The molecule has 150 valence electrons. The van der Waals surface area contributed by atoms with Crippen molar-refractivity contribution >= 4 is 36.4 Å². The molecule has 8 nitrogen and oxygen atoms in total. The summed E-state index contributed by atoms with van der Waals surface area (Å²) in [6, 6.07) is 0. The molecule has 1 amide bonds. The number of nitrogens with one attached hydrogen (secondary N) is 2. The van der Waals surface area contributed by atoms with Gasteiger partial charge in [0.25, 0.3) is 0 Å². The normalized spacial score (nSPS) is 32.3. The zero-order valence-corrected chi connectivity index (χ0v) is 16.5. The number of carbonyl (C=O) groups excluding carboxylic acids is 1. The van der Waals surface area contributed by atoms with Crippen LogP contribution in [0.5, 0.6) is 0 Å². The topological polar surface area (TPSA) is 112 Å². The minimum Gasteiger partial charge on any atom is -0.390 e. The standard InChI is InChI=1S/C17H23N5O3.2ClH/c1-9-14(11-5-19-6-12(11)16(24)15(9)23)17(25)20-4-10-8-22-3-2-18-7-13(22)21-10;;/h2-3,7-9,11-12,14-16,19,23-24H,4-6H2,1H3,(H,20,25);2*1H/t9-,11+,12+,14+,15+,16+;;/m1../s1. The minimum absolute atomic E-state index is 0. The molecule has 6 atom stereocenters. The minimum atomic E-state index is -0.877. The van der Waals surface area contributed by atoms with Crippen molar-refractivity contribution in [1.82, 2.24) is 25.0 Å². The van der Waals surface area contributed by atoms with Crippen molar-refractivity contribution < 1.29 is 15.0 Å². The highest BCUT2D eigenvalue weighted by Gasteiger charge is 2.52. The van der Waals surface area contributed by atoms with E-state index in [4.69, 9.17) is 0 Å². The Kier molecular flexibility index (Phi) is 7.04. The van der Waals surface area contributed by atoms with E-state index in [2.05, 4.69) is 20.6 Å². The van der Waals surface area contributed by atoms with Crippen molar-refractivity contribution in [3.05, 3.63) is 30.5 Å². The molecule has 27 heavy (non-hydrogen) atoms. The van der Waals surface area contributed by atoms with Gasteiger partial charge in [0.2, 0.25) is 5.91 Å². The summed E-state index contributed by atoms with van der Waals surface area (Å²) in [6.07, 6.45) is 5.37. The Labute approximate surface area is 169 Å². The first-order chi connectivity index (χ1) is 12.1. The molecule has 3 heterocycles. The van der Waals surface area contributed by atoms with Crippen molar-refractivity contribution in [1.29, 1.82) is 0 Å². The van der Waals surface area contributed by atoms with Gasteiger partial charge in [-0.1, -0.05) is 6.92 Å². The van der Waals surface area contributed by atoms with Gasteiger partial charge < -0.3 is 25.2 Å². The average Bonchev–Trinajstić information content (AvgIpc) is 3.24. The van der Waals surface area contributed by atoms with Gasteiger partial charge >= 0.3 is 0 Å². The van der Waals surface area contributed by atoms with Gasteiger partial charge in [-0.25, -0.2) is 4.98 Å². The number of amides is 1. The van der Waals surface area contributed by atoms with Crippen LogP contribution >= 0.6 is 24.8 Å². The second kappa shape index (κ2) is 8.70. The Morgan fingerprint density at radius 3 is 2.78 bits per heavy atom. The molecular formula is C17H25Cl2N5O3. The van der Waals surface area contributed by atoms with Gasteiger partial charge in [0.15, 0.2) is 5.65 Å².